The van der Waals surface area contributed by atoms with Crippen LogP contribution in [0.1, 0.15) is 59.2 Å². The van der Waals surface area contributed by atoms with E-state index in [9.17, 15) is 9.90 Å². The van der Waals surface area contributed by atoms with Crippen molar-refractivity contribution in [3.8, 4) is 11.5 Å². The molecule has 26 heavy (non-hydrogen) atoms. The minimum Gasteiger partial charge on any atom is -0.478 e. The highest BCUT2D eigenvalue weighted by molar-refractivity contribution is 5.92. The van der Waals surface area contributed by atoms with Crippen LogP contribution >= 0.6 is 0 Å². The first-order valence-corrected chi connectivity index (χ1v) is 9.48. The van der Waals surface area contributed by atoms with Gasteiger partial charge in [-0.1, -0.05) is 43.5 Å². The van der Waals surface area contributed by atoms with E-state index < -0.39 is 5.97 Å². The smallest absolute Gasteiger partial charge is 0.336 e. The summed E-state index contributed by atoms with van der Waals surface area (Å²) in [6.45, 7) is 0.571. The van der Waals surface area contributed by atoms with Crippen molar-refractivity contribution in [3.63, 3.8) is 0 Å². The van der Waals surface area contributed by atoms with Crippen molar-refractivity contribution >= 4 is 5.97 Å². The number of benzene rings is 2. The maximum Gasteiger partial charge on any atom is 0.336 e. The number of aromatic carboxylic acids is 1. The Morgan fingerprint density at radius 1 is 1.08 bits per heavy atom. The van der Waals surface area contributed by atoms with E-state index in [1.807, 2.05) is 36.4 Å². The van der Waals surface area contributed by atoms with Crippen molar-refractivity contribution in [3.05, 3.63) is 58.7 Å². The number of fused-ring (bicyclic) bond motifs is 2. The van der Waals surface area contributed by atoms with Gasteiger partial charge in [-0.05, 0) is 42.5 Å². The Hall–Kier alpha value is -2.33. The van der Waals surface area contributed by atoms with Crippen LogP contribution in [0.15, 0.2) is 36.4 Å². The molecular formula is C22H24O4. The number of ether oxygens (including phenoxy) is 2. The van der Waals surface area contributed by atoms with Crippen molar-refractivity contribution < 1.29 is 19.4 Å². The van der Waals surface area contributed by atoms with Gasteiger partial charge in [0, 0.05) is 12.0 Å². The Labute approximate surface area is 153 Å². The minimum atomic E-state index is -0.891. The predicted molar refractivity (Wildman–Crippen MR) is 99.3 cm³/mol. The predicted octanol–water partition coefficient (Wildman–Crippen LogP) is 4.97. The van der Waals surface area contributed by atoms with E-state index in [0.717, 1.165) is 35.3 Å². The van der Waals surface area contributed by atoms with Crippen LogP contribution in [0.25, 0.3) is 0 Å². The molecule has 1 aliphatic carbocycles. The number of para-hydroxylation sites is 1. The van der Waals surface area contributed by atoms with Crippen molar-refractivity contribution in [1.82, 2.24) is 0 Å². The summed E-state index contributed by atoms with van der Waals surface area (Å²) in [4.78, 5) is 12.0. The summed E-state index contributed by atoms with van der Waals surface area (Å²) in [6.07, 6.45) is 7.57. The van der Waals surface area contributed by atoms with Gasteiger partial charge < -0.3 is 14.6 Å². The molecule has 4 nitrogen and oxygen atoms in total. The molecule has 136 valence electrons. The zero-order valence-electron chi connectivity index (χ0n) is 14.9. The molecule has 0 spiro atoms. The van der Waals surface area contributed by atoms with Crippen LogP contribution in [0, 0.1) is 0 Å². The lowest BCUT2D eigenvalue weighted by Crippen LogP contribution is -2.19. The van der Waals surface area contributed by atoms with Crippen LogP contribution in [0.2, 0.25) is 0 Å². The van der Waals surface area contributed by atoms with Gasteiger partial charge in [0.2, 0.25) is 0 Å². The molecular weight excluding hydrogens is 328 g/mol. The van der Waals surface area contributed by atoms with E-state index >= 15 is 0 Å². The molecule has 0 amide bonds. The average molecular weight is 352 g/mol. The number of carboxylic acids is 1. The number of carboxylic acid groups (broad SMARTS) is 1. The molecule has 2 aromatic rings. The Balaban J connectivity index is 1.54. The van der Waals surface area contributed by atoms with Gasteiger partial charge in [-0.2, -0.15) is 0 Å². The molecule has 0 aromatic heterocycles. The van der Waals surface area contributed by atoms with Gasteiger partial charge in [-0.3, -0.25) is 0 Å². The summed E-state index contributed by atoms with van der Waals surface area (Å²) in [5, 5.41) is 9.82. The summed E-state index contributed by atoms with van der Waals surface area (Å²) in [5.74, 6) is 0.570. The summed E-state index contributed by atoms with van der Waals surface area (Å²) < 4.78 is 11.9. The molecule has 0 bridgehead atoms. The highest BCUT2D eigenvalue weighted by Gasteiger charge is 2.25. The monoisotopic (exact) mass is 352 g/mol. The summed E-state index contributed by atoms with van der Waals surface area (Å²) in [5.41, 5.74) is 3.00. The first-order valence-electron chi connectivity index (χ1n) is 9.48. The van der Waals surface area contributed by atoms with Gasteiger partial charge >= 0.3 is 5.97 Å². The molecule has 2 aliphatic rings. The van der Waals surface area contributed by atoms with E-state index in [-0.39, 0.29) is 0 Å². The third-order valence-electron chi connectivity index (χ3n) is 5.41. The molecule has 1 saturated carbocycles. The second kappa shape index (κ2) is 7.50. The van der Waals surface area contributed by atoms with Crippen LogP contribution in [0.5, 0.6) is 11.5 Å². The zero-order valence-corrected chi connectivity index (χ0v) is 14.9. The van der Waals surface area contributed by atoms with Crippen LogP contribution < -0.4 is 4.74 Å². The summed E-state index contributed by atoms with van der Waals surface area (Å²) >= 11 is 0. The lowest BCUT2D eigenvalue weighted by atomic mass is 9.91. The van der Waals surface area contributed by atoms with E-state index in [2.05, 4.69) is 0 Å². The van der Waals surface area contributed by atoms with Crippen molar-refractivity contribution in [1.29, 1.82) is 0 Å². The highest BCUT2D eigenvalue weighted by Crippen LogP contribution is 2.39. The van der Waals surface area contributed by atoms with Crippen LogP contribution in [-0.2, 0) is 17.6 Å². The van der Waals surface area contributed by atoms with Crippen molar-refractivity contribution in [2.45, 2.75) is 51.0 Å². The Kier molecular flexibility index (Phi) is 4.93. The SMILES string of the molecule is O=C(O)c1c(CCOC2CCCCC2)ccc2c1Cc1ccccc1O2. The van der Waals surface area contributed by atoms with Gasteiger partial charge in [-0.25, -0.2) is 4.79 Å². The molecule has 1 heterocycles. The fourth-order valence-electron chi connectivity index (χ4n) is 4.05. The van der Waals surface area contributed by atoms with Gasteiger partial charge in [0.15, 0.2) is 0 Å². The standard InChI is InChI=1S/C22H24O4/c23-22(24)21-15(12-13-25-17-7-2-1-3-8-17)10-11-20-18(21)14-16-6-4-5-9-19(16)26-20/h4-6,9-11,17H,1-3,7-8,12-14H2,(H,23,24). The van der Waals surface area contributed by atoms with Crippen molar-refractivity contribution in [2.75, 3.05) is 6.61 Å². The Bertz CT molecular complexity index is 806. The average Bonchev–Trinajstić information content (AvgIpc) is 2.66. The Morgan fingerprint density at radius 3 is 2.69 bits per heavy atom. The highest BCUT2D eigenvalue weighted by atomic mass is 16.5. The minimum absolute atomic E-state index is 0.338. The van der Waals surface area contributed by atoms with Crippen LogP contribution in [-0.4, -0.2) is 23.8 Å². The molecule has 1 fully saturated rings. The van der Waals surface area contributed by atoms with E-state index in [1.54, 1.807) is 0 Å². The van der Waals surface area contributed by atoms with Gasteiger partial charge in [-0.15, -0.1) is 0 Å². The molecule has 4 rings (SSSR count). The van der Waals surface area contributed by atoms with E-state index in [1.165, 1.54) is 19.3 Å². The molecule has 0 saturated heterocycles. The topological polar surface area (TPSA) is 55.8 Å². The number of hydrogen-bond acceptors (Lipinski definition) is 3. The molecule has 0 unspecified atom stereocenters. The van der Waals surface area contributed by atoms with Gasteiger partial charge in [0.1, 0.15) is 11.5 Å². The second-order valence-corrected chi connectivity index (χ2v) is 7.15. The summed E-state index contributed by atoms with van der Waals surface area (Å²) in [6, 6.07) is 11.6. The zero-order chi connectivity index (χ0) is 17.9. The molecule has 1 N–H and O–H groups in total. The number of rotatable bonds is 5. The van der Waals surface area contributed by atoms with Crippen LogP contribution in [0.4, 0.5) is 0 Å². The van der Waals surface area contributed by atoms with Gasteiger partial charge in [0.25, 0.3) is 0 Å². The van der Waals surface area contributed by atoms with E-state index in [4.69, 9.17) is 9.47 Å². The maximum atomic E-state index is 12.0. The molecule has 4 heteroatoms. The van der Waals surface area contributed by atoms with Crippen LogP contribution in [0.3, 0.4) is 0 Å². The lowest BCUT2D eigenvalue weighted by molar-refractivity contribution is 0.0302. The fraction of sp³-hybridized carbons (Fsp3) is 0.409. The number of hydrogen-bond donors (Lipinski definition) is 1. The fourth-order valence-corrected chi connectivity index (χ4v) is 4.05. The first kappa shape index (κ1) is 17.1. The third-order valence-corrected chi connectivity index (χ3v) is 5.41. The quantitative estimate of drug-likeness (QED) is 0.704. The lowest BCUT2D eigenvalue weighted by Gasteiger charge is -2.24. The second-order valence-electron chi connectivity index (χ2n) is 7.15. The number of carbonyl (C=O) groups is 1. The molecule has 0 radical (unpaired) electrons. The third kappa shape index (κ3) is 3.47. The largest absolute Gasteiger partial charge is 0.478 e. The van der Waals surface area contributed by atoms with E-state index in [0.29, 0.717) is 36.9 Å². The van der Waals surface area contributed by atoms with Gasteiger partial charge in [0.05, 0.1) is 18.3 Å². The maximum absolute atomic E-state index is 12.0. The molecule has 1 aliphatic heterocycles. The Morgan fingerprint density at radius 2 is 1.88 bits per heavy atom. The normalized spacial score (nSPS) is 16.5. The van der Waals surface area contributed by atoms with Crippen molar-refractivity contribution in [2.24, 2.45) is 0 Å². The summed E-state index contributed by atoms with van der Waals surface area (Å²) in [7, 11) is 0. The molecule has 0 atom stereocenters. The molecule has 2 aromatic carbocycles. The first-order chi connectivity index (χ1) is 12.7.